The average Bonchev–Trinajstić information content (AvgIpc) is 3.84. The Morgan fingerprint density at radius 2 is 1.04 bits per heavy atom. The Morgan fingerprint density at radius 3 is 1.46 bits per heavy atom. The van der Waals surface area contributed by atoms with E-state index < -0.39 is 37.1 Å². The zero-order chi connectivity index (χ0) is 39.1. The standard InChI is InChI=1S/C25H38Si2.C21H25.C5H5.Hf/c1-7-26(8-2,9-3)24-17-13-22(14-18-24)21-23-15-19-25(20-16-23)27(10-4,11-5)12-6;1-20(2,3)16-7-9-18-14(12-16)11-15-13-17(21(4,5)6)8-10-19(15)18;1-2-4-5-3-1;/h13-20H,7-12H2,1-6H3;7-10,12H,11H2,1-6H3;1-5H;. The van der Waals surface area contributed by atoms with E-state index in [-0.39, 0.29) is 10.8 Å². The molecule has 4 aromatic carbocycles. The average molecular weight is 916 g/mol. The van der Waals surface area contributed by atoms with E-state index in [9.17, 15) is 0 Å². The van der Waals surface area contributed by atoms with E-state index in [4.69, 9.17) is 0 Å². The van der Waals surface area contributed by atoms with Gasteiger partial charge in [-0.3, -0.25) is 0 Å². The Labute approximate surface area is 339 Å². The van der Waals surface area contributed by atoms with E-state index in [0.29, 0.717) is 3.67 Å². The fraction of sp³-hybridized carbons (Fsp3) is 0.431. The first kappa shape index (κ1) is 41.2. The van der Waals surface area contributed by atoms with E-state index in [1.807, 2.05) is 0 Å². The van der Waals surface area contributed by atoms with Gasteiger partial charge in [0.15, 0.2) is 0 Å². The first-order valence-electron chi connectivity index (χ1n) is 21.3. The van der Waals surface area contributed by atoms with Crippen molar-refractivity contribution >= 4 is 33.1 Å². The van der Waals surface area contributed by atoms with Gasteiger partial charge in [0.25, 0.3) is 0 Å². The van der Waals surface area contributed by atoms with Crippen LogP contribution in [0.5, 0.6) is 0 Å². The number of benzene rings is 4. The third-order valence-electron chi connectivity index (χ3n) is 14.0. The van der Waals surface area contributed by atoms with Gasteiger partial charge in [0.1, 0.15) is 0 Å². The van der Waals surface area contributed by atoms with Gasteiger partial charge >= 0.3 is 342 Å². The Hall–Kier alpha value is -2.47. The van der Waals surface area contributed by atoms with E-state index in [1.54, 1.807) is 28.1 Å². The minimum atomic E-state index is -3.11. The molecule has 0 saturated carbocycles. The van der Waals surface area contributed by atoms with Crippen LogP contribution in [0.2, 0.25) is 39.9 Å². The van der Waals surface area contributed by atoms with Crippen LogP contribution in [-0.4, -0.2) is 19.4 Å². The molecule has 0 nitrogen and oxygen atoms in total. The predicted octanol–water partition coefficient (Wildman–Crippen LogP) is 12.7. The summed E-state index contributed by atoms with van der Waals surface area (Å²) in [6.07, 6.45) is 10.9. The van der Waals surface area contributed by atoms with Gasteiger partial charge in [-0.05, 0) is 0 Å². The summed E-state index contributed by atoms with van der Waals surface area (Å²) in [5.74, 6) is 0. The number of fused-ring (bicyclic) bond motifs is 3. The molecule has 0 spiro atoms. The van der Waals surface area contributed by atoms with Crippen LogP contribution in [0.4, 0.5) is 0 Å². The number of rotatable bonds is 12. The van der Waals surface area contributed by atoms with Crippen LogP contribution in [-0.2, 0) is 38.2 Å². The molecule has 0 unspecified atom stereocenters. The molecule has 0 aromatic heterocycles. The summed E-state index contributed by atoms with van der Waals surface area (Å²) < 4.78 is 3.94. The molecule has 4 aromatic rings. The summed E-state index contributed by atoms with van der Waals surface area (Å²) >= 11 is -3.11. The van der Waals surface area contributed by atoms with Crippen LogP contribution in [0.15, 0.2) is 103 Å². The molecule has 0 N–H and O–H groups in total. The first-order valence-corrected chi connectivity index (χ1v) is 32.2. The molecule has 0 heterocycles. The van der Waals surface area contributed by atoms with Crippen molar-refractivity contribution in [3.63, 3.8) is 0 Å². The van der Waals surface area contributed by atoms with Gasteiger partial charge in [-0.2, -0.15) is 0 Å². The van der Waals surface area contributed by atoms with Crippen molar-refractivity contribution in [2.45, 2.75) is 140 Å². The Bertz CT molecular complexity index is 1960. The van der Waals surface area contributed by atoms with Gasteiger partial charge in [0, 0.05) is 0 Å². The van der Waals surface area contributed by atoms with Crippen LogP contribution in [0.25, 0.3) is 11.1 Å². The quantitative estimate of drug-likeness (QED) is 0.109. The molecule has 0 aliphatic heterocycles. The topological polar surface area (TPSA) is 0 Å². The second kappa shape index (κ2) is 16.2. The molecule has 284 valence electrons. The van der Waals surface area contributed by atoms with Crippen molar-refractivity contribution in [2.75, 3.05) is 0 Å². The van der Waals surface area contributed by atoms with E-state index in [1.165, 1.54) is 69.6 Å². The number of allylic oxidation sites excluding steroid dienone is 4. The maximum absolute atomic E-state index is 3.11. The summed E-state index contributed by atoms with van der Waals surface area (Å²) in [6.45, 7) is 29.1. The maximum atomic E-state index is 2.57. The second-order valence-corrected chi connectivity index (χ2v) is 38.0. The van der Waals surface area contributed by atoms with E-state index in [0.717, 1.165) is 6.42 Å². The summed E-state index contributed by atoms with van der Waals surface area (Å²) in [5, 5.41) is 3.29. The van der Waals surface area contributed by atoms with Crippen molar-refractivity contribution < 1.29 is 21.0 Å². The van der Waals surface area contributed by atoms with Gasteiger partial charge in [-0.1, -0.05) is 0 Å². The molecule has 0 bridgehead atoms. The van der Waals surface area contributed by atoms with Crippen LogP contribution in [0, 0.1) is 0 Å². The fourth-order valence-corrected chi connectivity index (χ4v) is 30.7. The van der Waals surface area contributed by atoms with Crippen molar-refractivity contribution in [3.05, 3.63) is 137 Å². The molecule has 0 atom stereocenters. The van der Waals surface area contributed by atoms with Crippen molar-refractivity contribution in [2.24, 2.45) is 0 Å². The molecular formula is C51H68HfSi2. The first-order chi connectivity index (χ1) is 25.7. The Kier molecular flexibility index (Phi) is 12.3. The normalized spacial score (nSPS) is 14.4. The molecule has 54 heavy (non-hydrogen) atoms. The van der Waals surface area contributed by atoms with Crippen LogP contribution >= 0.6 is 0 Å². The Balaban J connectivity index is 1.70. The molecule has 0 radical (unpaired) electrons. The molecule has 6 rings (SSSR count). The van der Waals surface area contributed by atoms with Crippen molar-refractivity contribution in [1.29, 1.82) is 0 Å². The molecule has 3 heteroatoms. The SMILES string of the molecule is CC[Si](CC)(CC)c1ccc([C](c2ccc([Si](CC)(CC)CC)cc2)=[Hf]([c]2c(C(C)(C)C)ccc3c2Cc2cc(C(C)(C)C)ccc2-3)[CH]2C=CC=C2)cc1. The van der Waals surface area contributed by atoms with E-state index >= 15 is 0 Å². The molecular weight excluding hydrogens is 847 g/mol. The monoisotopic (exact) mass is 916 g/mol. The summed E-state index contributed by atoms with van der Waals surface area (Å²) in [6, 6.07) is 40.9. The van der Waals surface area contributed by atoms with Crippen LogP contribution in [0.3, 0.4) is 0 Å². The molecule has 0 amide bonds. The van der Waals surface area contributed by atoms with Gasteiger partial charge in [-0.25, -0.2) is 0 Å². The molecule has 2 aliphatic rings. The third-order valence-corrected chi connectivity index (χ3v) is 37.0. The van der Waals surface area contributed by atoms with E-state index in [2.05, 4.69) is 186 Å². The van der Waals surface area contributed by atoms with Crippen molar-refractivity contribution in [1.82, 2.24) is 0 Å². The van der Waals surface area contributed by atoms with Crippen LogP contribution < -0.4 is 13.7 Å². The molecule has 2 aliphatic carbocycles. The zero-order valence-corrected chi connectivity index (χ0v) is 41.4. The summed E-state index contributed by atoms with van der Waals surface area (Å²) in [4.78, 5) is 0. The third kappa shape index (κ3) is 7.52. The Morgan fingerprint density at radius 1 is 0.574 bits per heavy atom. The van der Waals surface area contributed by atoms with Crippen molar-refractivity contribution in [3.8, 4) is 11.1 Å². The summed E-state index contributed by atoms with van der Waals surface area (Å²) in [7, 11) is -3.00. The fourth-order valence-electron chi connectivity index (χ4n) is 9.94. The van der Waals surface area contributed by atoms with Gasteiger partial charge in [0.2, 0.25) is 0 Å². The molecule has 0 fully saturated rings. The van der Waals surface area contributed by atoms with Gasteiger partial charge < -0.3 is 0 Å². The number of hydrogen-bond donors (Lipinski definition) is 0. The molecule has 0 saturated heterocycles. The predicted molar refractivity (Wildman–Crippen MR) is 244 cm³/mol. The van der Waals surface area contributed by atoms with Gasteiger partial charge in [0.05, 0.1) is 0 Å². The second-order valence-electron chi connectivity index (χ2n) is 18.5. The summed E-state index contributed by atoms with van der Waals surface area (Å²) in [5.41, 5.74) is 12.2. The zero-order valence-electron chi connectivity index (χ0n) is 35.8. The minimum absolute atomic E-state index is 0.0413. The number of hydrogen-bond acceptors (Lipinski definition) is 0. The van der Waals surface area contributed by atoms with Crippen LogP contribution in [0.1, 0.15) is 116 Å². The van der Waals surface area contributed by atoms with Gasteiger partial charge in [-0.15, -0.1) is 0 Å².